The van der Waals surface area contributed by atoms with Crippen molar-refractivity contribution >= 4 is 32.2 Å². The lowest BCUT2D eigenvalue weighted by atomic mass is 10.2. The monoisotopic (exact) mass is 430 g/mol. The first kappa shape index (κ1) is 21.0. The zero-order valence-electron chi connectivity index (χ0n) is 16.4. The van der Waals surface area contributed by atoms with E-state index >= 15 is 0 Å². The van der Waals surface area contributed by atoms with Crippen LogP contribution in [0, 0.1) is 0 Å². The first-order valence-corrected chi connectivity index (χ1v) is 11.6. The Bertz CT molecular complexity index is 1100. The molecule has 0 spiro atoms. The lowest BCUT2D eigenvalue weighted by Gasteiger charge is -2.09. The van der Waals surface area contributed by atoms with Crippen LogP contribution in [0.4, 0.5) is 5.13 Å². The number of thiazole rings is 1. The van der Waals surface area contributed by atoms with Crippen LogP contribution >= 0.6 is 11.3 Å². The van der Waals surface area contributed by atoms with Crippen LogP contribution in [-0.4, -0.2) is 31.2 Å². The van der Waals surface area contributed by atoms with Crippen molar-refractivity contribution in [2.75, 3.05) is 11.9 Å². The van der Waals surface area contributed by atoms with Gasteiger partial charge in [0.25, 0.3) is 5.91 Å². The van der Waals surface area contributed by atoms with Gasteiger partial charge in [-0.25, -0.2) is 13.4 Å². The Morgan fingerprint density at radius 1 is 1.17 bits per heavy atom. The number of aromatic nitrogens is 1. The zero-order chi connectivity index (χ0) is 21.0. The van der Waals surface area contributed by atoms with Gasteiger partial charge in [-0.05, 0) is 63.2 Å². The van der Waals surface area contributed by atoms with Crippen LogP contribution in [0.3, 0.4) is 0 Å². The Morgan fingerprint density at radius 3 is 2.55 bits per heavy atom. The molecular formula is C21H22N2O4S2. The molecule has 8 heteroatoms. The van der Waals surface area contributed by atoms with E-state index in [0.717, 1.165) is 17.0 Å². The first-order valence-electron chi connectivity index (χ1n) is 9.15. The Hall–Kier alpha value is -2.71. The van der Waals surface area contributed by atoms with E-state index < -0.39 is 21.0 Å². The lowest BCUT2D eigenvalue weighted by molar-refractivity contribution is 0.102. The number of rotatable bonds is 7. The molecule has 1 N–H and O–H groups in total. The maximum Gasteiger partial charge on any atom is 0.257 e. The fourth-order valence-corrected chi connectivity index (χ4v) is 4.43. The summed E-state index contributed by atoms with van der Waals surface area (Å²) in [5.41, 5.74) is 1.92. The normalized spacial score (nSPS) is 11.4. The van der Waals surface area contributed by atoms with E-state index in [4.69, 9.17) is 4.74 Å². The highest BCUT2D eigenvalue weighted by Gasteiger charge is 2.20. The van der Waals surface area contributed by atoms with Crippen LogP contribution in [0.2, 0.25) is 0 Å². The van der Waals surface area contributed by atoms with Gasteiger partial charge in [0, 0.05) is 16.5 Å². The molecule has 1 aromatic heterocycles. The Kier molecular flexibility index (Phi) is 6.34. The van der Waals surface area contributed by atoms with Crippen molar-refractivity contribution in [3.63, 3.8) is 0 Å². The largest absolute Gasteiger partial charge is 0.494 e. The number of nitrogens with one attached hydrogen (secondary N) is 1. The topological polar surface area (TPSA) is 85.4 Å². The number of carbonyl (C=O) groups excluding carboxylic acids is 1. The van der Waals surface area contributed by atoms with Crippen molar-refractivity contribution in [3.8, 4) is 17.0 Å². The summed E-state index contributed by atoms with van der Waals surface area (Å²) in [5, 5.41) is 4.47. The molecule has 6 nitrogen and oxygen atoms in total. The SMILES string of the molecule is CCOc1ccc(-c2csc(NC(=O)c3cccc(S(=O)(=O)C(C)C)c3)n2)cc1. The van der Waals surface area contributed by atoms with Crippen LogP contribution in [0.5, 0.6) is 5.75 Å². The summed E-state index contributed by atoms with van der Waals surface area (Å²) < 4.78 is 30.1. The number of nitrogens with zero attached hydrogens (tertiary/aromatic N) is 1. The summed E-state index contributed by atoms with van der Waals surface area (Å²) in [5.74, 6) is 0.384. The van der Waals surface area contributed by atoms with E-state index in [0.29, 0.717) is 11.7 Å². The standard InChI is InChI=1S/C21H22N2O4S2/c1-4-27-17-10-8-15(9-11-17)19-13-28-21(22-19)23-20(24)16-6-5-7-18(12-16)29(25,26)14(2)3/h5-14H,4H2,1-3H3,(H,22,23,24). The van der Waals surface area contributed by atoms with Crippen LogP contribution in [0.25, 0.3) is 11.3 Å². The summed E-state index contributed by atoms with van der Waals surface area (Å²) in [7, 11) is -3.45. The Morgan fingerprint density at radius 2 is 1.90 bits per heavy atom. The second-order valence-electron chi connectivity index (χ2n) is 6.57. The van der Waals surface area contributed by atoms with Crippen molar-refractivity contribution in [3.05, 3.63) is 59.5 Å². The van der Waals surface area contributed by atoms with Crippen molar-refractivity contribution in [2.45, 2.75) is 30.9 Å². The minimum atomic E-state index is -3.45. The smallest absolute Gasteiger partial charge is 0.257 e. The molecule has 0 aliphatic rings. The molecule has 2 aromatic carbocycles. The molecule has 0 saturated carbocycles. The third-order valence-electron chi connectivity index (χ3n) is 4.23. The molecule has 0 saturated heterocycles. The molecule has 3 rings (SSSR count). The van der Waals surface area contributed by atoms with E-state index in [1.165, 1.54) is 23.5 Å². The molecule has 29 heavy (non-hydrogen) atoms. The van der Waals surface area contributed by atoms with Crippen molar-refractivity contribution in [1.82, 2.24) is 4.98 Å². The van der Waals surface area contributed by atoms with Crippen molar-refractivity contribution in [1.29, 1.82) is 0 Å². The predicted molar refractivity (Wildman–Crippen MR) is 115 cm³/mol. The van der Waals surface area contributed by atoms with Gasteiger partial charge in [-0.3, -0.25) is 10.1 Å². The molecule has 0 aliphatic heterocycles. The molecule has 0 fully saturated rings. The highest BCUT2D eigenvalue weighted by Crippen LogP contribution is 2.27. The second-order valence-corrected chi connectivity index (χ2v) is 9.93. The molecular weight excluding hydrogens is 408 g/mol. The molecule has 3 aromatic rings. The minimum absolute atomic E-state index is 0.134. The minimum Gasteiger partial charge on any atom is -0.494 e. The summed E-state index contributed by atoms with van der Waals surface area (Å²) in [6.45, 7) is 5.75. The van der Waals surface area contributed by atoms with E-state index in [2.05, 4.69) is 10.3 Å². The van der Waals surface area contributed by atoms with Crippen molar-refractivity contribution in [2.24, 2.45) is 0 Å². The van der Waals surface area contributed by atoms with Gasteiger partial charge in [-0.1, -0.05) is 6.07 Å². The number of benzene rings is 2. The summed E-state index contributed by atoms with van der Waals surface area (Å²) in [6, 6.07) is 13.6. The maximum atomic E-state index is 12.6. The molecule has 0 radical (unpaired) electrons. The molecule has 0 unspecified atom stereocenters. The van der Waals surface area contributed by atoms with Gasteiger partial charge in [0.15, 0.2) is 15.0 Å². The summed E-state index contributed by atoms with van der Waals surface area (Å²) in [6.07, 6.45) is 0. The molecule has 152 valence electrons. The molecule has 0 aliphatic carbocycles. The summed E-state index contributed by atoms with van der Waals surface area (Å²) >= 11 is 1.30. The van der Waals surface area contributed by atoms with Gasteiger partial charge < -0.3 is 4.74 Å². The molecule has 0 atom stereocenters. The van der Waals surface area contributed by atoms with Gasteiger partial charge in [-0.15, -0.1) is 11.3 Å². The second kappa shape index (κ2) is 8.75. The van der Waals surface area contributed by atoms with Gasteiger partial charge >= 0.3 is 0 Å². The first-order chi connectivity index (χ1) is 13.8. The fraction of sp³-hybridized carbons (Fsp3) is 0.238. The van der Waals surface area contributed by atoms with Gasteiger partial charge in [0.1, 0.15) is 5.75 Å². The maximum absolute atomic E-state index is 12.6. The van der Waals surface area contributed by atoms with E-state index in [-0.39, 0.29) is 10.5 Å². The highest BCUT2D eigenvalue weighted by atomic mass is 32.2. The molecule has 0 bridgehead atoms. The van der Waals surface area contributed by atoms with E-state index in [1.54, 1.807) is 26.0 Å². The Labute approximate surface area is 174 Å². The number of anilines is 1. The van der Waals surface area contributed by atoms with Crippen LogP contribution in [0.15, 0.2) is 58.8 Å². The average molecular weight is 431 g/mol. The van der Waals surface area contributed by atoms with Gasteiger partial charge in [0.05, 0.1) is 22.4 Å². The van der Waals surface area contributed by atoms with Crippen molar-refractivity contribution < 1.29 is 17.9 Å². The third-order valence-corrected chi connectivity index (χ3v) is 7.14. The molecule has 1 amide bonds. The summed E-state index contributed by atoms with van der Waals surface area (Å²) in [4.78, 5) is 17.2. The number of carbonyl (C=O) groups is 1. The number of ether oxygens (including phenoxy) is 1. The Balaban J connectivity index is 1.75. The average Bonchev–Trinajstić information content (AvgIpc) is 3.17. The number of amides is 1. The highest BCUT2D eigenvalue weighted by molar-refractivity contribution is 7.92. The zero-order valence-corrected chi connectivity index (χ0v) is 18.0. The van der Waals surface area contributed by atoms with E-state index in [1.807, 2.05) is 36.6 Å². The quantitative estimate of drug-likeness (QED) is 0.590. The number of sulfone groups is 1. The lowest BCUT2D eigenvalue weighted by Crippen LogP contribution is -2.16. The fourth-order valence-electron chi connectivity index (χ4n) is 2.61. The number of hydrogen-bond acceptors (Lipinski definition) is 6. The van der Waals surface area contributed by atoms with Gasteiger partial charge in [0.2, 0.25) is 0 Å². The van der Waals surface area contributed by atoms with Crippen LogP contribution < -0.4 is 10.1 Å². The van der Waals surface area contributed by atoms with Gasteiger partial charge in [-0.2, -0.15) is 0 Å². The number of hydrogen-bond donors (Lipinski definition) is 1. The van der Waals surface area contributed by atoms with Crippen LogP contribution in [0.1, 0.15) is 31.1 Å². The van der Waals surface area contributed by atoms with Crippen LogP contribution in [-0.2, 0) is 9.84 Å². The molecule has 1 heterocycles. The third kappa shape index (κ3) is 4.83. The predicted octanol–water partition coefficient (Wildman–Crippen LogP) is 4.64. The van der Waals surface area contributed by atoms with E-state index in [9.17, 15) is 13.2 Å².